The molecule has 0 fully saturated rings. The summed E-state index contributed by atoms with van der Waals surface area (Å²) in [6, 6.07) is 27.8. The Morgan fingerprint density at radius 1 is 0.786 bits per heavy atom. The summed E-state index contributed by atoms with van der Waals surface area (Å²) < 4.78 is 7.78. The summed E-state index contributed by atoms with van der Waals surface area (Å²) in [6.07, 6.45) is 1.83. The van der Waals surface area contributed by atoms with Crippen LogP contribution < -0.4 is 4.74 Å². The van der Waals surface area contributed by atoms with Gasteiger partial charge in [0.2, 0.25) is 5.88 Å². The van der Waals surface area contributed by atoms with Gasteiger partial charge in [-0.05, 0) is 48.4 Å². The number of hydrogen-bond donors (Lipinski definition) is 0. The van der Waals surface area contributed by atoms with Crippen molar-refractivity contribution < 1.29 is 4.74 Å². The number of pyridine rings is 1. The van der Waals surface area contributed by atoms with Crippen LogP contribution in [0.1, 0.15) is 5.56 Å². The summed E-state index contributed by atoms with van der Waals surface area (Å²) >= 11 is 0. The van der Waals surface area contributed by atoms with Gasteiger partial charge >= 0.3 is 0 Å². The van der Waals surface area contributed by atoms with Crippen molar-refractivity contribution in [3.8, 4) is 22.7 Å². The van der Waals surface area contributed by atoms with Gasteiger partial charge in [0.05, 0.1) is 18.1 Å². The molecule has 0 radical (unpaired) electrons. The number of rotatable bonds is 3. The average molecular weight is 364 g/mol. The largest absolute Gasteiger partial charge is 0.481 e. The number of benzene rings is 3. The highest BCUT2D eigenvalue weighted by Gasteiger charge is 2.12. The van der Waals surface area contributed by atoms with Crippen LogP contribution in [0.3, 0.4) is 0 Å². The smallest absolute Gasteiger partial charge is 0.221 e. The number of methoxy groups -OCH3 is 1. The van der Waals surface area contributed by atoms with Crippen molar-refractivity contribution in [3.63, 3.8) is 0 Å². The highest BCUT2D eigenvalue weighted by molar-refractivity contribution is 6.09. The second-order valence-electron chi connectivity index (χ2n) is 6.99. The van der Waals surface area contributed by atoms with Crippen LogP contribution in [0.15, 0.2) is 85.1 Å². The molecule has 0 amide bonds. The molecule has 0 N–H and O–H groups in total. The zero-order valence-electron chi connectivity index (χ0n) is 15.9. The van der Waals surface area contributed by atoms with Gasteiger partial charge in [-0.25, -0.2) is 4.98 Å². The first-order valence-corrected chi connectivity index (χ1v) is 9.36. The van der Waals surface area contributed by atoms with Gasteiger partial charge in [0, 0.05) is 28.2 Å². The zero-order chi connectivity index (χ0) is 19.1. The van der Waals surface area contributed by atoms with E-state index in [1.54, 1.807) is 7.11 Å². The van der Waals surface area contributed by atoms with E-state index in [0.717, 1.165) is 22.4 Å². The topological polar surface area (TPSA) is 27.1 Å². The zero-order valence-corrected chi connectivity index (χ0v) is 15.9. The van der Waals surface area contributed by atoms with E-state index in [1.165, 1.54) is 21.8 Å². The van der Waals surface area contributed by atoms with E-state index in [1.807, 2.05) is 13.1 Å². The van der Waals surface area contributed by atoms with Gasteiger partial charge in [-0.3, -0.25) is 0 Å². The lowest BCUT2D eigenvalue weighted by molar-refractivity contribution is 0.399. The standard InChI is InChI=1S/C25H20N2O/c1-17-15-22(25(28-2)26-16-17)18-11-13-19(14-12-18)27-23-9-5-3-7-20(23)21-8-4-6-10-24(21)27/h3-16H,1-2H3. The number of hydrogen-bond acceptors (Lipinski definition) is 2. The molecule has 0 aliphatic rings. The van der Waals surface area contributed by atoms with Gasteiger partial charge in [0.15, 0.2) is 0 Å². The summed E-state index contributed by atoms with van der Waals surface area (Å²) in [5, 5.41) is 2.54. The van der Waals surface area contributed by atoms with Crippen LogP contribution in [0.25, 0.3) is 38.6 Å². The lowest BCUT2D eigenvalue weighted by atomic mass is 10.1. The Morgan fingerprint density at radius 2 is 1.39 bits per heavy atom. The van der Waals surface area contributed by atoms with Crippen molar-refractivity contribution in [2.75, 3.05) is 7.11 Å². The van der Waals surface area contributed by atoms with Crippen molar-refractivity contribution in [3.05, 3.63) is 90.6 Å². The van der Waals surface area contributed by atoms with Crippen LogP contribution >= 0.6 is 0 Å². The van der Waals surface area contributed by atoms with Gasteiger partial charge in [0.25, 0.3) is 0 Å². The number of ether oxygens (including phenoxy) is 1. The monoisotopic (exact) mass is 364 g/mol. The first kappa shape index (κ1) is 16.6. The van der Waals surface area contributed by atoms with E-state index < -0.39 is 0 Å². The fraction of sp³-hybridized carbons (Fsp3) is 0.0800. The summed E-state index contributed by atoms with van der Waals surface area (Å²) in [7, 11) is 1.66. The molecule has 2 aromatic heterocycles. The van der Waals surface area contributed by atoms with Crippen molar-refractivity contribution in [2.24, 2.45) is 0 Å². The molecule has 0 saturated carbocycles. The molecule has 2 heterocycles. The summed E-state index contributed by atoms with van der Waals surface area (Å²) in [5.74, 6) is 0.648. The molecule has 3 heteroatoms. The normalized spacial score (nSPS) is 11.2. The minimum Gasteiger partial charge on any atom is -0.481 e. The van der Waals surface area contributed by atoms with Crippen molar-refractivity contribution >= 4 is 21.8 Å². The number of para-hydroxylation sites is 2. The Hall–Kier alpha value is -3.59. The van der Waals surface area contributed by atoms with E-state index in [-0.39, 0.29) is 0 Å². The number of nitrogens with zero attached hydrogens (tertiary/aromatic N) is 2. The number of fused-ring (bicyclic) bond motifs is 3. The second kappa shape index (κ2) is 6.54. The maximum Gasteiger partial charge on any atom is 0.221 e. The SMILES string of the molecule is COc1ncc(C)cc1-c1ccc(-n2c3ccccc3c3ccccc32)cc1. The average Bonchev–Trinajstić information content (AvgIpc) is 3.08. The molecular formula is C25H20N2O. The second-order valence-corrected chi connectivity index (χ2v) is 6.99. The third-order valence-electron chi connectivity index (χ3n) is 5.20. The van der Waals surface area contributed by atoms with E-state index >= 15 is 0 Å². The molecule has 0 atom stereocenters. The summed E-state index contributed by atoms with van der Waals surface area (Å²) in [4.78, 5) is 4.40. The van der Waals surface area contributed by atoms with Gasteiger partial charge < -0.3 is 9.30 Å². The predicted octanol–water partition coefficient (Wildman–Crippen LogP) is 6.16. The molecule has 0 unspecified atom stereocenters. The molecule has 0 saturated heterocycles. The maximum atomic E-state index is 5.46. The van der Waals surface area contributed by atoms with Crippen LogP contribution in [0.5, 0.6) is 5.88 Å². The Labute approximate surface area is 163 Å². The first-order valence-electron chi connectivity index (χ1n) is 9.36. The Morgan fingerprint density at radius 3 is 2.00 bits per heavy atom. The van der Waals surface area contributed by atoms with Gasteiger partial charge in [0.1, 0.15) is 0 Å². The Bertz CT molecular complexity index is 1250. The minimum absolute atomic E-state index is 0.648. The van der Waals surface area contributed by atoms with Gasteiger partial charge in [-0.2, -0.15) is 0 Å². The Kier molecular flexibility index (Phi) is 3.87. The van der Waals surface area contributed by atoms with Crippen molar-refractivity contribution in [1.29, 1.82) is 0 Å². The molecule has 3 nitrogen and oxygen atoms in total. The lowest BCUT2D eigenvalue weighted by Gasteiger charge is -2.11. The molecule has 0 aliphatic heterocycles. The molecule has 136 valence electrons. The van der Waals surface area contributed by atoms with Crippen LogP contribution in [0.2, 0.25) is 0 Å². The highest BCUT2D eigenvalue weighted by atomic mass is 16.5. The molecule has 5 rings (SSSR count). The molecule has 0 bridgehead atoms. The van der Waals surface area contributed by atoms with Gasteiger partial charge in [-0.1, -0.05) is 48.5 Å². The summed E-state index contributed by atoms with van der Waals surface area (Å²) in [6.45, 7) is 2.04. The van der Waals surface area contributed by atoms with Crippen molar-refractivity contribution in [1.82, 2.24) is 9.55 Å². The van der Waals surface area contributed by atoms with Crippen molar-refractivity contribution in [2.45, 2.75) is 6.92 Å². The number of aromatic nitrogens is 2. The highest BCUT2D eigenvalue weighted by Crippen LogP contribution is 2.33. The van der Waals surface area contributed by atoms with E-state index in [4.69, 9.17) is 4.74 Å². The van der Waals surface area contributed by atoms with E-state index in [9.17, 15) is 0 Å². The fourth-order valence-corrected chi connectivity index (χ4v) is 3.92. The lowest BCUT2D eigenvalue weighted by Crippen LogP contribution is -1.95. The quantitative estimate of drug-likeness (QED) is 0.383. The summed E-state index contributed by atoms with van der Waals surface area (Å²) in [5.41, 5.74) is 6.79. The van der Waals surface area contributed by atoms with Crippen LogP contribution in [-0.4, -0.2) is 16.7 Å². The Balaban J connectivity index is 1.69. The van der Waals surface area contributed by atoms with Crippen LogP contribution in [0, 0.1) is 6.92 Å². The molecular weight excluding hydrogens is 344 g/mol. The maximum absolute atomic E-state index is 5.46. The molecule has 28 heavy (non-hydrogen) atoms. The van der Waals surface area contributed by atoms with Crippen LogP contribution in [0.4, 0.5) is 0 Å². The van der Waals surface area contributed by atoms with E-state index in [2.05, 4.69) is 88.4 Å². The predicted molar refractivity (Wildman–Crippen MR) is 115 cm³/mol. The molecule has 3 aromatic carbocycles. The molecule has 0 spiro atoms. The third kappa shape index (κ3) is 2.55. The third-order valence-corrected chi connectivity index (χ3v) is 5.20. The minimum atomic E-state index is 0.648. The van der Waals surface area contributed by atoms with Gasteiger partial charge in [-0.15, -0.1) is 0 Å². The first-order chi connectivity index (χ1) is 13.8. The molecule has 5 aromatic rings. The number of aryl methyl sites for hydroxylation is 1. The van der Waals surface area contributed by atoms with Crippen LogP contribution in [-0.2, 0) is 0 Å². The van der Waals surface area contributed by atoms with E-state index in [0.29, 0.717) is 5.88 Å². The fourth-order valence-electron chi connectivity index (χ4n) is 3.92. The molecule has 0 aliphatic carbocycles.